The monoisotopic (exact) mass is 210 g/mol. The van der Waals surface area contributed by atoms with Crippen molar-refractivity contribution in [2.45, 2.75) is 18.2 Å². The highest BCUT2D eigenvalue weighted by Gasteiger charge is 2.33. The quantitative estimate of drug-likeness (QED) is 0.483. The molecule has 0 aromatic rings. The SMILES string of the molecule is CS(=O)(=O)NC[C@H]1OC[C@@H](N)[C@@H]1O. The summed E-state index contributed by atoms with van der Waals surface area (Å²) in [6.07, 6.45) is -0.284. The Kier molecular flexibility index (Phi) is 3.25. The molecule has 0 bridgehead atoms. The lowest BCUT2D eigenvalue weighted by Gasteiger charge is -2.14. The van der Waals surface area contributed by atoms with E-state index in [9.17, 15) is 13.5 Å². The highest BCUT2D eigenvalue weighted by atomic mass is 32.2. The van der Waals surface area contributed by atoms with Gasteiger partial charge in [-0.15, -0.1) is 0 Å². The maximum absolute atomic E-state index is 10.7. The predicted octanol–water partition coefficient (Wildman–Crippen LogP) is -2.38. The van der Waals surface area contributed by atoms with Crippen molar-refractivity contribution in [3.63, 3.8) is 0 Å². The molecule has 3 atom stereocenters. The fourth-order valence-electron chi connectivity index (χ4n) is 1.12. The standard InChI is InChI=1S/C6H14N2O4S/c1-13(10,11)8-2-5-6(9)4(7)3-12-5/h4-6,8-9H,2-3,7H2,1H3/t4-,5-,6+/m1/s1. The lowest BCUT2D eigenvalue weighted by molar-refractivity contribution is 0.0454. The van der Waals surface area contributed by atoms with E-state index < -0.39 is 28.3 Å². The van der Waals surface area contributed by atoms with Gasteiger partial charge in [0.25, 0.3) is 0 Å². The molecule has 6 nitrogen and oxygen atoms in total. The molecule has 0 aromatic carbocycles. The summed E-state index contributed by atoms with van der Waals surface area (Å²) in [5, 5.41) is 9.37. The summed E-state index contributed by atoms with van der Waals surface area (Å²) in [5.41, 5.74) is 5.46. The van der Waals surface area contributed by atoms with Crippen LogP contribution < -0.4 is 10.5 Å². The van der Waals surface area contributed by atoms with Gasteiger partial charge < -0.3 is 15.6 Å². The van der Waals surface area contributed by atoms with E-state index in [0.717, 1.165) is 6.26 Å². The van der Waals surface area contributed by atoms with Gasteiger partial charge in [0.15, 0.2) is 0 Å². The number of sulfonamides is 1. The number of nitrogens with one attached hydrogen (secondary N) is 1. The smallest absolute Gasteiger partial charge is 0.208 e. The summed E-state index contributed by atoms with van der Waals surface area (Å²) < 4.78 is 28.7. The van der Waals surface area contributed by atoms with Crippen LogP contribution in [-0.4, -0.2) is 51.2 Å². The van der Waals surface area contributed by atoms with Crippen LogP contribution in [0.25, 0.3) is 0 Å². The van der Waals surface area contributed by atoms with E-state index in [-0.39, 0.29) is 13.2 Å². The molecule has 0 aromatic heterocycles. The van der Waals surface area contributed by atoms with Crippen LogP contribution in [0.2, 0.25) is 0 Å². The molecule has 0 saturated carbocycles. The molecule has 1 fully saturated rings. The van der Waals surface area contributed by atoms with Gasteiger partial charge in [-0.3, -0.25) is 0 Å². The molecule has 4 N–H and O–H groups in total. The van der Waals surface area contributed by atoms with Crippen molar-refractivity contribution < 1.29 is 18.3 Å². The minimum Gasteiger partial charge on any atom is -0.389 e. The lowest BCUT2D eigenvalue weighted by atomic mass is 10.1. The highest BCUT2D eigenvalue weighted by molar-refractivity contribution is 7.88. The topological polar surface area (TPSA) is 102 Å². The van der Waals surface area contributed by atoms with E-state index in [4.69, 9.17) is 10.5 Å². The van der Waals surface area contributed by atoms with E-state index in [2.05, 4.69) is 4.72 Å². The van der Waals surface area contributed by atoms with Gasteiger partial charge in [-0.2, -0.15) is 0 Å². The Morgan fingerprint density at radius 1 is 1.69 bits per heavy atom. The van der Waals surface area contributed by atoms with Crippen molar-refractivity contribution in [2.75, 3.05) is 19.4 Å². The van der Waals surface area contributed by atoms with Gasteiger partial charge in [-0.1, -0.05) is 0 Å². The van der Waals surface area contributed by atoms with Gasteiger partial charge in [0.1, 0.15) is 0 Å². The first kappa shape index (κ1) is 10.9. The van der Waals surface area contributed by atoms with Crippen molar-refractivity contribution in [3.05, 3.63) is 0 Å². The normalized spacial score (nSPS) is 35.2. The molecule has 1 saturated heterocycles. The number of hydrogen-bond acceptors (Lipinski definition) is 5. The summed E-state index contributed by atoms with van der Waals surface area (Å²) in [7, 11) is -3.23. The van der Waals surface area contributed by atoms with Crippen molar-refractivity contribution in [1.82, 2.24) is 4.72 Å². The third-order valence-electron chi connectivity index (χ3n) is 1.87. The maximum Gasteiger partial charge on any atom is 0.208 e. The molecule has 0 radical (unpaired) electrons. The molecule has 0 aliphatic carbocycles. The van der Waals surface area contributed by atoms with Gasteiger partial charge in [0.05, 0.1) is 31.1 Å². The first-order valence-electron chi connectivity index (χ1n) is 3.90. The summed E-state index contributed by atoms with van der Waals surface area (Å²) in [4.78, 5) is 0. The van der Waals surface area contributed by atoms with Gasteiger partial charge in [0.2, 0.25) is 10.0 Å². The summed E-state index contributed by atoms with van der Waals surface area (Å²) in [5.74, 6) is 0. The van der Waals surface area contributed by atoms with Crippen molar-refractivity contribution in [1.29, 1.82) is 0 Å². The third kappa shape index (κ3) is 3.20. The van der Waals surface area contributed by atoms with Crippen LogP contribution in [0.1, 0.15) is 0 Å². The highest BCUT2D eigenvalue weighted by Crippen LogP contribution is 2.11. The van der Waals surface area contributed by atoms with Crippen molar-refractivity contribution >= 4 is 10.0 Å². The number of aliphatic hydroxyl groups excluding tert-OH is 1. The first-order chi connectivity index (χ1) is 5.90. The fourth-order valence-corrected chi connectivity index (χ4v) is 1.59. The number of rotatable bonds is 3. The molecule has 0 amide bonds. The first-order valence-corrected chi connectivity index (χ1v) is 5.79. The second kappa shape index (κ2) is 3.89. The zero-order valence-electron chi connectivity index (χ0n) is 7.30. The Morgan fingerprint density at radius 2 is 2.31 bits per heavy atom. The van der Waals surface area contributed by atoms with Gasteiger partial charge in [-0.05, 0) is 0 Å². The Balaban J connectivity index is 2.39. The molecule has 0 unspecified atom stereocenters. The number of nitrogens with two attached hydrogens (primary N) is 1. The van der Waals surface area contributed by atoms with Gasteiger partial charge in [-0.25, -0.2) is 13.1 Å². The minimum atomic E-state index is -3.23. The van der Waals surface area contributed by atoms with E-state index in [1.807, 2.05) is 0 Å². The summed E-state index contributed by atoms with van der Waals surface area (Å²) >= 11 is 0. The van der Waals surface area contributed by atoms with E-state index in [1.54, 1.807) is 0 Å². The Labute approximate surface area is 77.1 Å². The largest absolute Gasteiger partial charge is 0.389 e. The van der Waals surface area contributed by atoms with Crippen LogP contribution in [-0.2, 0) is 14.8 Å². The molecule has 1 heterocycles. The molecule has 0 spiro atoms. The van der Waals surface area contributed by atoms with Crippen LogP contribution in [0.15, 0.2) is 0 Å². The molecule has 1 aliphatic rings. The minimum absolute atomic E-state index is 0.0632. The molecular weight excluding hydrogens is 196 g/mol. The molecule has 13 heavy (non-hydrogen) atoms. The van der Waals surface area contributed by atoms with Crippen LogP contribution in [0.5, 0.6) is 0 Å². The number of ether oxygens (including phenoxy) is 1. The van der Waals surface area contributed by atoms with Gasteiger partial charge >= 0.3 is 0 Å². The number of hydrogen-bond donors (Lipinski definition) is 3. The molecule has 1 rings (SSSR count). The predicted molar refractivity (Wildman–Crippen MR) is 46.6 cm³/mol. The fraction of sp³-hybridized carbons (Fsp3) is 1.00. The van der Waals surface area contributed by atoms with E-state index in [0.29, 0.717) is 0 Å². The van der Waals surface area contributed by atoms with E-state index in [1.165, 1.54) is 0 Å². The van der Waals surface area contributed by atoms with Crippen LogP contribution in [0.4, 0.5) is 0 Å². The molecule has 1 aliphatic heterocycles. The summed E-state index contributed by atoms with van der Waals surface area (Å²) in [6.45, 7) is 0.324. The zero-order chi connectivity index (χ0) is 10.1. The second-order valence-electron chi connectivity index (χ2n) is 3.15. The Morgan fingerprint density at radius 3 is 2.69 bits per heavy atom. The van der Waals surface area contributed by atoms with Crippen molar-refractivity contribution in [3.8, 4) is 0 Å². The second-order valence-corrected chi connectivity index (χ2v) is 4.98. The summed E-state index contributed by atoms with van der Waals surface area (Å²) in [6, 6.07) is -0.425. The Hall–Kier alpha value is -0.210. The van der Waals surface area contributed by atoms with Crippen molar-refractivity contribution in [2.24, 2.45) is 5.73 Å². The zero-order valence-corrected chi connectivity index (χ0v) is 8.12. The average molecular weight is 210 g/mol. The molecular formula is C6H14N2O4S. The third-order valence-corrected chi connectivity index (χ3v) is 2.56. The molecule has 78 valence electrons. The lowest BCUT2D eigenvalue weighted by Crippen LogP contribution is -2.42. The Bertz CT molecular complexity index is 266. The maximum atomic E-state index is 10.7. The van der Waals surface area contributed by atoms with Crippen LogP contribution in [0, 0.1) is 0 Å². The van der Waals surface area contributed by atoms with E-state index >= 15 is 0 Å². The number of aliphatic hydroxyl groups is 1. The van der Waals surface area contributed by atoms with Crippen LogP contribution in [0.3, 0.4) is 0 Å². The average Bonchev–Trinajstić information content (AvgIpc) is 2.29. The molecule has 7 heteroatoms. The van der Waals surface area contributed by atoms with Gasteiger partial charge in [0, 0.05) is 6.54 Å². The van der Waals surface area contributed by atoms with Crippen LogP contribution >= 0.6 is 0 Å².